The summed E-state index contributed by atoms with van der Waals surface area (Å²) in [5.74, 6) is -0.240. The number of nitrogens with zero attached hydrogens (tertiary/aromatic N) is 1. The lowest BCUT2D eigenvalue weighted by Gasteiger charge is -2.21. The minimum atomic E-state index is -1.76. The van der Waals surface area contributed by atoms with Crippen LogP contribution in [0.1, 0.15) is 24.8 Å². The fourth-order valence-corrected chi connectivity index (χ4v) is 3.38. The molecule has 0 spiro atoms. The van der Waals surface area contributed by atoms with E-state index in [0.29, 0.717) is 6.54 Å². The van der Waals surface area contributed by atoms with E-state index in [0.717, 1.165) is 24.8 Å². The molecule has 1 amide bonds. The maximum atomic E-state index is 14.0. The summed E-state index contributed by atoms with van der Waals surface area (Å²) in [6.45, 7) is 0.725. The van der Waals surface area contributed by atoms with Crippen molar-refractivity contribution < 1.29 is 13.9 Å². The first-order chi connectivity index (χ1) is 9.60. The second-order valence-corrected chi connectivity index (χ2v) is 6.03. The van der Waals surface area contributed by atoms with Crippen molar-refractivity contribution in [2.75, 3.05) is 6.54 Å². The Bertz CT molecular complexity index is 494. The van der Waals surface area contributed by atoms with Crippen LogP contribution >= 0.6 is 11.6 Å². The molecule has 1 aromatic carbocycles. The molecular formula is C15H17ClFNO2. The van der Waals surface area contributed by atoms with E-state index in [-0.39, 0.29) is 12.5 Å². The molecule has 1 aliphatic carbocycles. The summed E-state index contributed by atoms with van der Waals surface area (Å²) in [5, 5.41) is -1.76. The van der Waals surface area contributed by atoms with E-state index in [1.807, 2.05) is 30.3 Å². The Balaban J connectivity index is 1.62. The van der Waals surface area contributed by atoms with Crippen molar-refractivity contribution in [2.45, 2.75) is 37.0 Å². The van der Waals surface area contributed by atoms with Crippen LogP contribution in [0.2, 0.25) is 0 Å². The van der Waals surface area contributed by atoms with Crippen LogP contribution in [0.5, 0.6) is 0 Å². The van der Waals surface area contributed by atoms with Crippen molar-refractivity contribution in [3.8, 4) is 0 Å². The zero-order valence-electron chi connectivity index (χ0n) is 11.1. The van der Waals surface area contributed by atoms with Gasteiger partial charge >= 0.3 is 6.09 Å². The summed E-state index contributed by atoms with van der Waals surface area (Å²) in [6, 6.07) is 8.93. The van der Waals surface area contributed by atoms with E-state index in [1.165, 1.54) is 4.90 Å². The average molecular weight is 298 g/mol. The number of alkyl halides is 2. The number of fused-ring (bicyclic) bond motifs is 1. The first-order valence-corrected chi connectivity index (χ1v) is 7.33. The van der Waals surface area contributed by atoms with Crippen molar-refractivity contribution in [1.82, 2.24) is 4.90 Å². The molecule has 0 aromatic heterocycles. The number of ether oxygens (including phenoxy) is 1. The Labute approximate surface area is 122 Å². The molecule has 108 valence electrons. The lowest BCUT2D eigenvalue weighted by atomic mass is 10.2. The number of carbonyl (C=O) groups excluding carboxylic acids is 1. The highest BCUT2D eigenvalue weighted by Crippen LogP contribution is 2.57. The van der Waals surface area contributed by atoms with Gasteiger partial charge in [0.05, 0.1) is 6.04 Å². The minimum absolute atomic E-state index is 0.204. The Hall–Kier alpha value is -1.29. The predicted octanol–water partition coefficient (Wildman–Crippen LogP) is 3.71. The van der Waals surface area contributed by atoms with Crippen molar-refractivity contribution in [3.05, 3.63) is 35.9 Å². The molecule has 1 heterocycles. The molecule has 3 rings (SSSR count). The van der Waals surface area contributed by atoms with Gasteiger partial charge in [0.15, 0.2) is 0 Å². The molecular weight excluding hydrogens is 281 g/mol. The number of carbonyl (C=O) groups is 1. The summed E-state index contributed by atoms with van der Waals surface area (Å²) >= 11 is 5.83. The third-order valence-corrected chi connectivity index (χ3v) is 4.60. The monoisotopic (exact) mass is 297 g/mol. The quantitative estimate of drug-likeness (QED) is 0.779. The second kappa shape index (κ2) is 5.24. The Morgan fingerprint density at radius 1 is 1.40 bits per heavy atom. The van der Waals surface area contributed by atoms with Crippen molar-refractivity contribution in [1.29, 1.82) is 0 Å². The minimum Gasteiger partial charge on any atom is -0.445 e. The Morgan fingerprint density at radius 3 is 2.90 bits per heavy atom. The molecule has 0 N–H and O–H groups in total. The van der Waals surface area contributed by atoms with Gasteiger partial charge in [-0.3, -0.25) is 0 Å². The molecule has 0 radical (unpaired) electrons. The summed E-state index contributed by atoms with van der Waals surface area (Å²) in [4.78, 5) is 13.6. The zero-order chi connectivity index (χ0) is 14.2. The highest BCUT2D eigenvalue weighted by molar-refractivity contribution is 6.26. The normalized spacial score (nSPS) is 32.2. The van der Waals surface area contributed by atoms with Crippen LogP contribution in [0.4, 0.5) is 9.18 Å². The highest BCUT2D eigenvalue weighted by atomic mass is 35.5. The van der Waals surface area contributed by atoms with Crippen LogP contribution in [0.3, 0.4) is 0 Å². The van der Waals surface area contributed by atoms with Crippen molar-refractivity contribution >= 4 is 17.7 Å². The van der Waals surface area contributed by atoms with Gasteiger partial charge in [-0.15, -0.1) is 0 Å². The smallest absolute Gasteiger partial charge is 0.410 e. The fraction of sp³-hybridized carbons (Fsp3) is 0.533. The number of amides is 1. The average Bonchev–Trinajstić information content (AvgIpc) is 3.07. The molecule has 20 heavy (non-hydrogen) atoms. The van der Waals surface area contributed by atoms with Crippen molar-refractivity contribution in [2.24, 2.45) is 5.92 Å². The van der Waals surface area contributed by atoms with Gasteiger partial charge in [0.25, 0.3) is 0 Å². The van der Waals surface area contributed by atoms with Crippen LogP contribution in [0.15, 0.2) is 30.3 Å². The van der Waals surface area contributed by atoms with Crippen LogP contribution in [-0.2, 0) is 11.3 Å². The summed E-state index contributed by atoms with van der Waals surface area (Å²) in [6.07, 6.45) is 2.06. The number of hydrogen-bond acceptors (Lipinski definition) is 2. The van der Waals surface area contributed by atoms with Gasteiger partial charge in [-0.05, 0) is 18.4 Å². The molecule has 3 nitrogen and oxygen atoms in total. The highest BCUT2D eigenvalue weighted by Gasteiger charge is 2.69. The number of benzene rings is 1. The topological polar surface area (TPSA) is 29.5 Å². The predicted molar refractivity (Wildman–Crippen MR) is 74.2 cm³/mol. The van der Waals surface area contributed by atoms with Crippen LogP contribution in [0, 0.1) is 5.92 Å². The third kappa shape index (κ3) is 2.49. The Kier molecular flexibility index (Phi) is 3.59. The van der Waals surface area contributed by atoms with Gasteiger partial charge in [-0.2, -0.15) is 0 Å². The Morgan fingerprint density at radius 2 is 2.15 bits per heavy atom. The summed E-state index contributed by atoms with van der Waals surface area (Å²) < 4.78 is 19.3. The number of likely N-dealkylation sites (tertiary alicyclic amines) is 1. The molecule has 1 saturated carbocycles. The third-order valence-electron chi connectivity index (χ3n) is 4.10. The molecule has 0 bridgehead atoms. The zero-order valence-corrected chi connectivity index (χ0v) is 11.9. The maximum Gasteiger partial charge on any atom is 0.410 e. The first kappa shape index (κ1) is 13.7. The van der Waals surface area contributed by atoms with Crippen molar-refractivity contribution in [3.63, 3.8) is 0 Å². The summed E-state index contributed by atoms with van der Waals surface area (Å²) in [7, 11) is 0. The molecule has 2 fully saturated rings. The lowest BCUT2D eigenvalue weighted by Crippen LogP contribution is -2.36. The standard InChI is InChI=1S/C15H17ClFNO2/c16-15(17)12-8-4-5-9-18(13(12)15)14(19)20-10-11-6-2-1-3-7-11/h1-3,6-7,12-13H,4-5,8-10H2/t12-,13+,15-/m1/s1. The summed E-state index contributed by atoms with van der Waals surface area (Å²) in [5.41, 5.74) is 0.917. The molecule has 1 saturated heterocycles. The number of halogens is 2. The molecule has 2 aliphatic rings. The molecule has 1 aliphatic heterocycles. The largest absolute Gasteiger partial charge is 0.445 e. The van der Waals surface area contributed by atoms with Gasteiger partial charge in [-0.1, -0.05) is 48.4 Å². The van der Waals surface area contributed by atoms with Gasteiger partial charge in [0, 0.05) is 12.5 Å². The van der Waals surface area contributed by atoms with Crippen LogP contribution < -0.4 is 0 Å². The lowest BCUT2D eigenvalue weighted by molar-refractivity contribution is 0.0889. The van der Waals surface area contributed by atoms with Gasteiger partial charge in [0.1, 0.15) is 6.61 Å². The van der Waals surface area contributed by atoms with Crippen LogP contribution in [-0.4, -0.2) is 28.7 Å². The van der Waals surface area contributed by atoms with E-state index >= 15 is 0 Å². The SMILES string of the molecule is O=C(OCc1ccccc1)N1CCCC[C@@H]2[C@H]1[C@@]2(F)Cl. The maximum absolute atomic E-state index is 14.0. The van der Waals surface area contributed by atoms with E-state index in [9.17, 15) is 9.18 Å². The second-order valence-electron chi connectivity index (χ2n) is 5.46. The molecule has 0 unspecified atom stereocenters. The first-order valence-electron chi connectivity index (χ1n) is 6.96. The van der Waals surface area contributed by atoms with Gasteiger partial charge in [0.2, 0.25) is 5.13 Å². The van der Waals surface area contributed by atoms with Gasteiger partial charge in [-0.25, -0.2) is 9.18 Å². The van der Waals surface area contributed by atoms with Gasteiger partial charge < -0.3 is 9.64 Å². The van der Waals surface area contributed by atoms with E-state index in [4.69, 9.17) is 16.3 Å². The molecule has 3 atom stereocenters. The van der Waals surface area contributed by atoms with Crippen LogP contribution in [0.25, 0.3) is 0 Å². The van der Waals surface area contributed by atoms with E-state index in [2.05, 4.69) is 0 Å². The van der Waals surface area contributed by atoms with E-state index in [1.54, 1.807) is 0 Å². The number of hydrogen-bond donors (Lipinski definition) is 0. The van der Waals surface area contributed by atoms with E-state index < -0.39 is 17.3 Å². The molecule has 1 aromatic rings. The fourth-order valence-electron chi connectivity index (χ4n) is 2.94. The number of rotatable bonds is 2. The molecule has 5 heteroatoms.